The fourth-order valence-corrected chi connectivity index (χ4v) is 0.437. The molecule has 0 rings (SSSR count). The van der Waals surface area contributed by atoms with E-state index in [1.54, 1.807) is 0 Å². The summed E-state index contributed by atoms with van der Waals surface area (Å²) >= 11 is 0. The minimum Gasteiger partial charge on any atom is -0.223 e. The first-order valence-electron chi connectivity index (χ1n) is 4.83. The van der Waals surface area contributed by atoms with Gasteiger partial charge >= 0.3 is 0 Å². The summed E-state index contributed by atoms with van der Waals surface area (Å²) in [4.78, 5) is 8.46. The van der Waals surface area contributed by atoms with Crippen LogP contribution in [0.15, 0.2) is 9.98 Å². The van der Waals surface area contributed by atoms with E-state index >= 15 is 0 Å². The van der Waals surface area contributed by atoms with Gasteiger partial charge in [-0.25, -0.2) is 9.98 Å². The van der Waals surface area contributed by atoms with Gasteiger partial charge in [-0.05, 0) is 33.1 Å². The Morgan fingerprint density at radius 3 is 1.77 bits per heavy atom. The van der Waals surface area contributed by atoms with Gasteiger partial charge in [-0.15, -0.1) is 0 Å². The molecular formula is C11H22N2. The Labute approximate surface area is 82.2 Å². The maximum absolute atomic E-state index is 4.35. The quantitative estimate of drug-likeness (QED) is 0.585. The van der Waals surface area contributed by atoms with Crippen molar-refractivity contribution in [2.24, 2.45) is 15.4 Å². The molecule has 0 radical (unpaired) electrons. The Morgan fingerprint density at radius 2 is 1.46 bits per heavy atom. The lowest BCUT2D eigenvalue weighted by molar-refractivity contribution is 0.234. The molecule has 0 amide bonds. The van der Waals surface area contributed by atoms with Crippen molar-refractivity contribution in [2.75, 3.05) is 0 Å². The highest BCUT2D eigenvalue weighted by Gasteiger charge is 2.31. The molecule has 0 aromatic carbocycles. The fourth-order valence-electron chi connectivity index (χ4n) is 0.437. The van der Waals surface area contributed by atoms with Crippen LogP contribution < -0.4 is 0 Å². The molecule has 2 nitrogen and oxygen atoms in total. The molecule has 0 spiro atoms. The van der Waals surface area contributed by atoms with E-state index in [4.69, 9.17) is 0 Å². The Kier molecular flexibility index (Phi) is 3.87. The molecule has 13 heavy (non-hydrogen) atoms. The lowest BCUT2D eigenvalue weighted by Gasteiger charge is -2.33. The second-order valence-electron chi connectivity index (χ2n) is 5.24. The first kappa shape index (κ1) is 12.4. The van der Waals surface area contributed by atoms with Crippen LogP contribution in [0, 0.1) is 5.41 Å². The number of hydrogen-bond acceptors (Lipinski definition) is 2. The van der Waals surface area contributed by atoms with Gasteiger partial charge in [0.1, 0.15) is 0 Å². The second-order valence-corrected chi connectivity index (χ2v) is 5.24. The number of aliphatic imine (C=N–C) groups is 2. The number of hydrogen-bond donors (Lipinski definition) is 0. The molecule has 0 saturated heterocycles. The summed E-state index contributed by atoms with van der Waals surface area (Å²) in [6, 6.07) is 3.06. The van der Waals surface area contributed by atoms with E-state index in [1.807, 2.05) is 13.8 Å². The predicted octanol–water partition coefficient (Wildman–Crippen LogP) is 3.39. The summed E-state index contributed by atoms with van der Waals surface area (Å²) in [5, 5.41) is 0. The van der Waals surface area contributed by atoms with E-state index < -0.39 is 0 Å². The van der Waals surface area contributed by atoms with Gasteiger partial charge in [0.25, 0.3) is 0 Å². The van der Waals surface area contributed by atoms with Crippen molar-refractivity contribution in [3.63, 3.8) is 0 Å². The van der Waals surface area contributed by atoms with E-state index in [0.29, 0.717) is 0 Å². The molecule has 0 aliphatic carbocycles. The molecule has 0 N–H and O–H groups in total. The molecule has 0 aliphatic rings. The summed E-state index contributed by atoms with van der Waals surface area (Å²) in [6.45, 7) is 14.8. The van der Waals surface area contributed by atoms with Crippen LogP contribution in [0.2, 0.25) is 0 Å². The maximum Gasteiger partial charge on any atom is 0.0901 e. The minimum absolute atomic E-state index is 0.106. The zero-order valence-corrected chi connectivity index (χ0v) is 9.97. The lowest BCUT2D eigenvalue weighted by Crippen LogP contribution is -2.34. The van der Waals surface area contributed by atoms with Crippen LogP contribution in [-0.4, -0.2) is 17.6 Å². The molecule has 0 aliphatic heterocycles. The minimum atomic E-state index is -0.106. The Balaban J connectivity index is 4.61. The normalized spacial score (nSPS) is 12.6. The maximum atomic E-state index is 4.35. The van der Waals surface area contributed by atoms with E-state index in [-0.39, 0.29) is 17.0 Å². The van der Waals surface area contributed by atoms with Crippen molar-refractivity contribution in [3.05, 3.63) is 0 Å². The molecule has 0 heterocycles. The number of rotatable bonds is 2. The summed E-state index contributed by atoms with van der Waals surface area (Å²) in [5.41, 5.74) is 0.0396. The van der Waals surface area contributed by atoms with Gasteiger partial charge in [-0.1, -0.05) is 20.8 Å². The van der Waals surface area contributed by atoms with Crippen molar-refractivity contribution in [1.82, 2.24) is 0 Å². The van der Waals surface area contributed by atoms with Crippen LogP contribution in [0.1, 0.15) is 48.5 Å². The first-order valence-corrected chi connectivity index (χ1v) is 4.83. The average Bonchev–Trinajstić information content (AvgIpc) is 1.82. The van der Waals surface area contributed by atoms with Crippen LogP contribution in [0.5, 0.6) is 0 Å². The van der Waals surface area contributed by atoms with Crippen LogP contribution in [0.3, 0.4) is 0 Å². The van der Waals surface area contributed by atoms with E-state index in [1.165, 1.54) is 0 Å². The molecule has 0 aromatic rings. The highest BCUT2D eigenvalue weighted by atomic mass is 14.9. The van der Waals surface area contributed by atoms with Crippen LogP contribution >= 0.6 is 0 Å². The smallest absolute Gasteiger partial charge is 0.0901 e. The van der Waals surface area contributed by atoms with Crippen LogP contribution in [0.25, 0.3) is 0 Å². The van der Waals surface area contributed by atoms with Crippen molar-refractivity contribution in [2.45, 2.75) is 60.0 Å². The summed E-state index contributed by atoms with van der Waals surface area (Å²) < 4.78 is 0. The molecular weight excluding hydrogens is 160 g/mol. The molecule has 0 unspecified atom stereocenters. The van der Waals surface area contributed by atoms with Crippen molar-refractivity contribution >= 4 is 6.01 Å². The first-order chi connectivity index (χ1) is 5.67. The van der Waals surface area contributed by atoms with E-state index in [0.717, 1.165) is 0 Å². The molecule has 0 fully saturated rings. The van der Waals surface area contributed by atoms with Gasteiger partial charge in [-0.2, -0.15) is 0 Å². The zero-order valence-electron chi connectivity index (χ0n) is 9.97. The Hall–Kier alpha value is -0.620. The van der Waals surface area contributed by atoms with Crippen molar-refractivity contribution in [3.8, 4) is 0 Å². The third-order valence-electron chi connectivity index (χ3n) is 2.48. The Morgan fingerprint density at radius 1 is 1.00 bits per heavy atom. The highest BCUT2D eigenvalue weighted by Crippen LogP contribution is 2.32. The molecule has 0 atom stereocenters. The zero-order chi connectivity index (χ0) is 10.7. The summed E-state index contributed by atoms with van der Waals surface area (Å²) in [6.07, 6.45) is 0. The van der Waals surface area contributed by atoms with Gasteiger partial charge in [-0.3, -0.25) is 0 Å². The van der Waals surface area contributed by atoms with Crippen LogP contribution in [-0.2, 0) is 0 Å². The van der Waals surface area contributed by atoms with Gasteiger partial charge in [0, 0.05) is 0 Å². The fraction of sp³-hybridized carbons (Fsp3) is 0.909. The van der Waals surface area contributed by atoms with Gasteiger partial charge in [0.2, 0.25) is 0 Å². The molecule has 0 saturated carbocycles. The molecule has 76 valence electrons. The lowest BCUT2D eigenvalue weighted by atomic mass is 9.77. The highest BCUT2D eigenvalue weighted by molar-refractivity contribution is 5.42. The van der Waals surface area contributed by atoms with Gasteiger partial charge in [0.05, 0.1) is 17.6 Å². The van der Waals surface area contributed by atoms with Crippen molar-refractivity contribution < 1.29 is 0 Å². The average molecular weight is 182 g/mol. The standard InChI is InChI=1S/C11H22N2/c1-9(2)12-8-13-11(6,7)10(3,4)5/h9H,1-7H3. The van der Waals surface area contributed by atoms with Gasteiger partial charge in [0.15, 0.2) is 0 Å². The van der Waals surface area contributed by atoms with E-state index in [9.17, 15) is 0 Å². The predicted molar refractivity (Wildman–Crippen MR) is 58.5 cm³/mol. The Bertz CT molecular complexity index is 213. The largest absolute Gasteiger partial charge is 0.223 e. The SMILES string of the molecule is CC(C)N=C=NC(C)(C)C(C)(C)C. The summed E-state index contributed by atoms with van der Waals surface area (Å²) in [5.74, 6) is 0. The molecule has 0 bridgehead atoms. The molecule has 0 aromatic heterocycles. The van der Waals surface area contributed by atoms with Gasteiger partial charge < -0.3 is 0 Å². The third kappa shape index (κ3) is 4.23. The molecule has 2 heteroatoms. The van der Waals surface area contributed by atoms with E-state index in [2.05, 4.69) is 50.6 Å². The summed E-state index contributed by atoms with van der Waals surface area (Å²) in [7, 11) is 0. The third-order valence-corrected chi connectivity index (χ3v) is 2.48. The topological polar surface area (TPSA) is 24.7 Å². The van der Waals surface area contributed by atoms with Crippen LogP contribution in [0.4, 0.5) is 0 Å². The number of nitrogens with zero attached hydrogens (tertiary/aromatic N) is 2. The monoisotopic (exact) mass is 182 g/mol. The second kappa shape index (κ2) is 4.06. The van der Waals surface area contributed by atoms with Crippen molar-refractivity contribution in [1.29, 1.82) is 0 Å².